The van der Waals surface area contributed by atoms with Crippen LogP contribution in [-0.4, -0.2) is 36.6 Å². The standard InChI is InChI=1S/C16H29N3/c1-6-14(7-2)16(19(4)5)12-18-13(3)15-10-8-9-11-17-15/h8-11,13-14,16,18H,6-7,12H2,1-5H3. The van der Waals surface area contributed by atoms with Crippen LogP contribution in [0.2, 0.25) is 0 Å². The maximum atomic E-state index is 4.41. The van der Waals surface area contributed by atoms with E-state index in [0.29, 0.717) is 12.1 Å². The topological polar surface area (TPSA) is 28.2 Å². The summed E-state index contributed by atoms with van der Waals surface area (Å²) in [6, 6.07) is 6.98. The lowest BCUT2D eigenvalue weighted by atomic mass is 9.93. The molecule has 0 spiro atoms. The Morgan fingerprint density at radius 3 is 2.37 bits per heavy atom. The van der Waals surface area contributed by atoms with Crippen molar-refractivity contribution in [3.8, 4) is 0 Å². The molecule has 1 aromatic rings. The normalized spacial score (nSPS) is 14.9. The van der Waals surface area contributed by atoms with Gasteiger partial charge in [0.2, 0.25) is 0 Å². The molecule has 0 saturated heterocycles. The fraction of sp³-hybridized carbons (Fsp3) is 0.688. The first-order valence-electron chi connectivity index (χ1n) is 7.40. The van der Waals surface area contributed by atoms with Crippen LogP contribution in [0, 0.1) is 5.92 Å². The number of likely N-dealkylation sites (N-methyl/N-ethyl adjacent to an activating group) is 1. The van der Waals surface area contributed by atoms with Crippen LogP contribution in [0.5, 0.6) is 0 Å². The highest BCUT2D eigenvalue weighted by molar-refractivity contribution is 5.07. The maximum Gasteiger partial charge on any atom is 0.0570 e. The van der Waals surface area contributed by atoms with Crippen LogP contribution in [0.3, 0.4) is 0 Å². The lowest BCUT2D eigenvalue weighted by Gasteiger charge is -2.32. The average Bonchev–Trinajstić information content (AvgIpc) is 2.43. The van der Waals surface area contributed by atoms with E-state index in [1.54, 1.807) is 0 Å². The molecule has 0 aliphatic carbocycles. The molecule has 0 amide bonds. The van der Waals surface area contributed by atoms with Crippen molar-refractivity contribution in [2.24, 2.45) is 5.92 Å². The van der Waals surface area contributed by atoms with E-state index in [-0.39, 0.29) is 0 Å². The van der Waals surface area contributed by atoms with Crippen molar-refractivity contribution in [1.82, 2.24) is 15.2 Å². The summed E-state index contributed by atoms with van der Waals surface area (Å²) in [5, 5.41) is 3.63. The fourth-order valence-electron chi connectivity index (χ4n) is 2.64. The molecule has 0 aliphatic rings. The third-order valence-corrected chi connectivity index (χ3v) is 4.02. The molecule has 2 unspecified atom stereocenters. The lowest BCUT2D eigenvalue weighted by Crippen LogP contribution is -2.43. The second kappa shape index (κ2) is 8.28. The van der Waals surface area contributed by atoms with Gasteiger partial charge in [-0.15, -0.1) is 0 Å². The molecule has 1 heterocycles. The van der Waals surface area contributed by atoms with Gasteiger partial charge in [0.05, 0.1) is 5.69 Å². The van der Waals surface area contributed by atoms with E-state index in [1.165, 1.54) is 12.8 Å². The molecule has 0 fully saturated rings. The minimum absolute atomic E-state index is 0.304. The quantitative estimate of drug-likeness (QED) is 0.781. The van der Waals surface area contributed by atoms with Gasteiger partial charge in [0, 0.05) is 24.8 Å². The summed E-state index contributed by atoms with van der Waals surface area (Å²) in [4.78, 5) is 6.75. The molecule has 1 aromatic heterocycles. The smallest absolute Gasteiger partial charge is 0.0570 e. The molecule has 19 heavy (non-hydrogen) atoms. The Labute approximate surface area is 118 Å². The summed E-state index contributed by atoms with van der Waals surface area (Å²) < 4.78 is 0. The van der Waals surface area contributed by atoms with E-state index < -0.39 is 0 Å². The van der Waals surface area contributed by atoms with Crippen molar-refractivity contribution in [2.75, 3.05) is 20.6 Å². The molecule has 3 nitrogen and oxygen atoms in total. The van der Waals surface area contributed by atoms with Gasteiger partial charge >= 0.3 is 0 Å². The molecule has 0 aliphatic heterocycles. The van der Waals surface area contributed by atoms with Crippen molar-refractivity contribution < 1.29 is 0 Å². The second-order valence-corrected chi connectivity index (χ2v) is 5.49. The van der Waals surface area contributed by atoms with Gasteiger partial charge in [0.1, 0.15) is 0 Å². The highest BCUT2D eigenvalue weighted by Crippen LogP contribution is 2.17. The van der Waals surface area contributed by atoms with Gasteiger partial charge in [-0.25, -0.2) is 0 Å². The third kappa shape index (κ3) is 4.92. The average molecular weight is 263 g/mol. The molecule has 1 rings (SSSR count). The zero-order valence-electron chi connectivity index (χ0n) is 13.1. The lowest BCUT2D eigenvalue weighted by molar-refractivity contribution is 0.190. The summed E-state index contributed by atoms with van der Waals surface area (Å²) in [5.74, 6) is 0.749. The van der Waals surface area contributed by atoms with Crippen molar-refractivity contribution in [3.63, 3.8) is 0 Å². The van der Waals surface area contributed by atoms with Gasteiger partial charge < -0.3 is 10.2 Å². The number of hydrogen-bond acceptors (Lipinski definition) is 3. The SMILES string of the molecule is CCC(CC)C(CNC(C)c1ccccn1)N(C)C. The molecular weight excluding hydrogens is 234 g/mol. The van der Waals surface area contributed by atoms with E-state index in [4.69, 9.17) is 0 Å². The van der Waals surface area contributed by atoms with Crippen molar-refractivity contribution in [1.29, 1.82) is 0 Å². The number of aromatic nitrogens is 1. The molecule has 3 heteroatoms. The summed E-state index contributed by atoms with van der Waals surface area (Å²) in [6.07, 6.45) is 4.33. The molecule has 0 saturated carbocycles. The van der Waals surface area contributed by atoms with Crippen molar-refractivity contribution >= 4 is 0 Å². The number of nitrogens with one attached hydrogen (secondary N) is 1. The van der Waals surface area contributed by atoms with Gasteiger partial charge in [-0.1, -0.05) is 32.8 Å². The molecule has 0 aromatic carbocycles. The van der Waals surface area contributed by atoms with E-state index in [9.17, 15) is 0 Å². The summed E-state index contributed by atoms with van der Waals surface area (Å²) in [7, 11) is 4.35. The van der Waals surface area contributed by atoms with Gasteiger partial charge in [0.25, 0.3) is 0 Å². The third-order valence-electron chi connectivity index (χ3n) is 4.02. The Balaban J connectivity index is 2.57. The fourth-order valence-corrected chi connectivity index (χ4v) is 2.64. The first kappa shape index (κ1) is 16.1. The van der Waals surface area contributed by atoms with Gasteiger partial charge in [-0.05, 0) is 39.1 Å². The Morgan fingerprint density at radius 2 is 1.89 bits per heavy atom. The number of nitrogens with zero attached hydrogens (tertiary/aromatic N) is 2. The molecule has 0 radical (unpaired) electrons. The highest BCUT2D eigenvalue weighted by Gasteiger charge is 2.21. The summed E-state index contributed by atoms with van der Waals surface area (Å²) >= 11 is 0. The molecule has 108 valence electrons. The minimum Gasteiger partial charge on any atom is -0.307 e. The zero-order chi connectivity index (χ0) is 14.3. The molecular formula is C16H29N3. The number of pyridine rings is 1. The van der Waals surface area contributed by atoms with Crippen LogP contribution in [0.4, 0.5) is 0 Å². The van der Waals surface area contributed by atoms with Crippen LogP contribution >= 0.6 is 0 Å². The predicted molar refractivity (Wildman–Crippen MR) is 82.2 cm³/mol. The molecule has 1 N–H and O–H groups in total. The Bertz CT molecular complexity index is 333. The second-order valence-electron chi connectivity index (χ2n) is 5.49. The van der Waals surface area contributed by atoms with Gasteiger partial charge in [-0.3, -0.25) is 4.98 Å². The van der Waals surface area contributed by atoms with Crippen molar-refractivity contribution in [2.45, 2.75) is 45.7 Å². The van der Waals surface area contributed by atoms with E-state index >= 15 is 0 Å². The zero-order valence-corrected chi connectivity index (χ0v) is 13.1. The Kier molecular flexibility index (Phi) is 7.03. The van der Waals surface area contributed by atoms with Crippen LogP contribution in [0.15, 0.2) is 24.4 Å². The highest BCUT2D eigenvalue weighted by atomic mass is 15.1. The van der Waals surface area contributed by atoms with Crippen molar-refractivity contribution in [3.05, 3.63) is 30.1 Å². The first-order chi connectivity index (χ1) is 9.10. The maximum absolute atomic E-state index is 4.41. The van der Waals surface area contributed by atoms with Gasteiger partial charge in [-0.2, -0.15) is 0 Å². The predicted octanol–water partition coefficient (Wildman–Crippen LogP) is 3.10. The largest absolute Gasteiger partial charge is 0.307 e. The van der Waals surface area contributed by atoms with Gasteiger partial charge in [0.15, 0.2) is 0 Å². The monoisotopic (exact) mass is 263 g/mol. The molecule has 0 bridgehead atoms. The summed E-state index contributed by atoms with van der Waals surface area (Å²) in [5.41, 5.74) is 1.12. The van der Waals surface area contributed by atoms with E-state index in [0.717, 1.165) is 18.2 Å². The number of rotatable bonds is 8. The van der Waals surface area contributed by atoms with E-state index in [1.807, 2.05) is 18.3 Å². The number of hydrogen-bond donors (Lipinski definition) is 1. The Morgan fingerprint density at radius 1 is 1.21 bits per heavy atom. The van der Waals surface area contributed by atoms with Crippen LogP contribution in [0.25, 0.3) is 0 Å². The first-order valence-corrected chi connectivity index (χ1v) is 7.40. The minimum atomic E-state index is 0.304. The van der Waals surface area contributed by atoms with E-state index in [2.05, 4.69) is 56.1 Å². The Hall–Kier alpha value is -0.930. The summed E-state index contributed by atoms with van der Waals surface area (Å²) in [6.45, 7) is 7.76. The van der Waals surface area contributed by atoms with Crippen LogP contribution < -0.4 is 5.32 Å². The van der Waals surface area contributed by atoms with Crippen LogP contribution in [0.1, 0.15) is 45.3 Å². The van der Waals surface area contributed by atoms with Crippen LogP contribution in [-0.2, 0) is 0 Å². The molecule has 2 atom stereocenters.